The lowest BCUT2D eigenvalue weighted by Gasteiger charge is -2.41. The molecule has 2 rings (SSSR count). The van der Waals surface area contributed by atoms with Gasteiger partial charge in [0, 0.05) is 5.41 Å². The molecule has 0 fully saturated rings. The largest absolute Gasteiger partial charge is 0.477 e. The Morgan fingerprint density at radius 2 is 1.89 bits per heavy atom. The van der Waals surface area contributed by atoms with Crippen LogP contribution >= 0.6 is 0 Å². The fourth-order valence-corrected chi connectivity index (χ4v) is 4.15. The van der Waals surface area contributed by atoms with Crippen LogP contribution in [-0.2, 0) is 4.79 Å². The molecule has 0 aromatic heterocycles. The van der Waals surface area contributed by atoms with Crippen molar-refractivity contribution in [3.05, 3.63) is 65.8 Å². The third-order valence-corrected chi connectivity index (χ3v) is 5.57. The summed E-state index contributed by atoms with van der Waals surface area (Å²) in [6.07, 6.45) is 14.8. The number of carboxylic acid groups (broad SMARTS) is 1. The normalized spacial score (nSPS) is 22.2. The van der Waals surface area contributed by atoms with Gasteiger partial charge in [0.1, 0.15) is 11.6 Å². The topological polar surface area (TPSA) is 61.1 Å². The number of rotatable bonds is 9. The lowest BCUT2D eigenvalue weighted by molar-refractivity contribution is -0.132. The predicted molar refractivity (Wildman–Crippen MR) is 110 cm³/mol. The molecule has 142 valence electrons. The molecule has 0 bridgehead atoms. The molecule has 2 atom stereocenters. The number of unbranched alkanes of at least 4 members (excludes halogenated alkanes) is 3. The zero-order chi connectivity index (χ0) is 19.7. The SMILES string of the molecule is CCCCCCC1C=CC=CC1(CC)C(=C(C#N)C(=O)O)c1ccccc1. The molecule has 1 aliphatic carbocycles. The van der Waals surface area contributed by atoms with E-state index in [1.165, 1.54) is 19.3 Å². The summed E-state index contributed by atoms with van der Waals surface area (Å²) in [6, 6.07) is 11.5. The fraction of sp³-hybridized carbons (Fsp3) is 0.417. The Labute approximate surface area is 162 Å². The van der Waals surface area contributed by atoms with E-state index in [-0.39, 0.29) is 11.5 Å². The summed E-state index contributed by atoms with van der Waals surface area (Å²) in [4.78, 5) is 11.9. The molecule has 1 aromatic rings. The number of benzene rings is 1. The second-order valence-corrected chi connectivity index (χ2v) is 7.13. The Morgan fingerprint density at radius 3 is 2.48 bits per heavy atom. The highest BCUT2D eigenvalue weighted by atomic mass is 16.4. The molecule has 0 saturated heterocycles. The smallest absolute Gasteiger partial charge is 0.346 e. The molecule has 0 amide bonds. The van der Waals surface area contributed by atoms with Gasteiger partial charge in [0.15, 0.2) is 0 Å². The van der Waals surface area contributed by atoms with Gasteiger partial charge in [-0.3, -0.25) is 0 Å². The van der Waals surface area contributed by atoms with E-state index in [0.717, 1.165) is 24.8 Å². The van der Waals surface area contributed by atoms with Gasteiger partial charge < -0.3 is 5.11 Å². The first-order valence-electron chi connectivity index (χ1n) is 9.90. The van der Waals surface area contributed by atoms with Crippen LogP contribution in [0.25, 0.3) is 5.57 Å². The first-order chi connectivity index (χ1) is 13.1. The second kappa shape index (κ2) is 9.92. The Kier molecular flexibility index (Phi) is 7.61. The van der Waals surface area contributed by atoms with E-state index in [9.17, 15) is 15.2 Å². The van der Waals surface area contributed by atoms with Gasteiger partial charge in [-0.05, 0) is 29.9 Å². The van der Waals surface area contributed by atoms with E-state index in [4.69, 9.17) is 0 Å². The summed E-state index contributed by atoms with van der Waals surface area (Å²) in [5.74, 6) is -0.973. The predicted octanol–water partition coefficient (Wildman–Crippen LogP) is 6.16. The van der Waals surface area contributed by atoms with Gasteiger partial charge in [-0.15, -0.1) is 0 Å². The van der Waals surface area contributed by atoms with E-state index in [0.29, 0.717) is 5.57 Å². The van der Waals surface area contributed by atoms with Gasteiger partial charge in [0.05, 0.1) is 0 Å². The zero-order valence-corrected chi connectivity index (χ0v) is 16.3. The van der Waals surface area contributed by atoms with Crippen molar-refractivity contribution < 1.29 is 9.90 Å². The zero-order valence-electron chi connectivity index (χ0n) is 16.3. The number of hydrogen-bond acceptors (Lipinski definition) is 2. The fourth-order valence-electron chi connectivity index (χ4n) is 4.15. The van der Waals surface area contributed by atoms with Crippen LogP contribution in [0.1, 0.15) is 57.9 Å². The van der Waals surface area contributed by atoms with Gasteiger partial charge in [0.25, 0.3) is 0 Å². The number of nitrogens with zero attached hydrogens (tertiary/aromatic N) is 1. The van der Waals surface area contributed by atoms with Crippen molar-refractivity contribution >= 4 is 11.5 Å². The number of nitriles is 1. The minimum Gasteiger partial charge on any atom is -0.477 e. The number of aliphatic carboxylic acids is 1. The number of carbonyl (C=O) groups is 1. The van der Waals surface area contributed by atoms with E-state index < -0.39 is 11.4 Å². The first-order valence-corrected chi connectivity index (χ1v) is 9.90. The van der Waals surface area contributed by atoms with Crippen molar-refractivity contribution in [3.8, 4) is 6.07 Å². The highest BCUT2D eigenvalue weighted by molar-refractivity contribution is 6.02. The van der Waals surface area contributed by atoms with Gasteiger partial charge in [-0.25, -0.2) is 4.79 Å². The van der Waals surface area contributed by atoms with Gasteiger partial charge in [0.2, 0.25) is 0 Å². The van der Waals surface area contributed by atoms with Crippen molar-refractivity contribution in [1.82, 2.24) is 0 Å². The lowest BCUT2D eigenvalue weighted by atomic mass is 9.62. The average molecular weight is 364 g/mol. The van der Waals surface area contributed by atoms with Crippen LogP contribution < -0.4 is 0 Å². The molecule has 1 aliphatic rings. The maximum absolute atomic E-state index is 11.9. The molecule has 0 spiro atoms. The highest BCUT2D eigenvalue weighted by Crippen LogP contribution is 2.51. The molecule has 0 aliphatic heterocycles. The Balaban J connectivity index is 2.58. The summed E-state index contributed by atoms with van der Waals surface area (Å²) >= 11 is 0. The minimum absolute atomic E-state index is 0.151. The van der Waals surface area contributed by atoms with Gasteiger partial charge in [-0.2, -0.15) is 5.26 Å². The quantitative estimate of drug-likeness (QED) is 0.325. The lowest BCUT2D eigenvalue weighted by Crippen LogP contribution is -2.32. The minimum atomic E-state index is -1.16. The summed E-state index contributed by atoms with van der Waals surface area (Å²) in [5.41, 5.74) is 0.825. The van der Waals surface area contributed by atoms with E-state index in [2.05, 4.69) is 26.0 Å². The molecular formula is C24H29NO2. The second-order valence-electron chi connectivity index (χ2n) is 7.13. The van der Waals surface area contributed by atoms with Crippen LogP contribution in [0.5, 0.6) is 0 Å². The van der Waals surface area contributed by atoms with Crippen molar-refractivity contribution in [2.24, 2.45) is 11.3 Å². The summed E-state index contributed by atoms with van der Waals surface area (Å²) in [5, 5.41) is 19.4. The molecule has 27 heavy (non-hydrogen) atoms. The number of allylic oxidation sites excluding steroid dienone is 5. The van der Waals surface area contributed by atoms with Gasteiger partial charge in [-0.1, -0.05) is 94.2 Å². The average Bonchev–Trinajstić information content (AvgIpc) is 2.70. The van der Waals surface area contributed by atoms with Crippen molar-refractivity contribution in [1.29, 1.82) is 5.26 Å². The van der Waals surface area contributed by atoms with Crippen LogP contribution in [-0.4, -0.2) is 11.1 Å². The number of carboxylic acids is 1. The maximum Gasteiger partial charge on any atom is 0.346 e. The Morgan fingerprint density at radius 1 is 1.15 bits per heavy atom. The molecule has 3 nitrogen and oxygen atoms in total. The molecule has 2 unspecified atom stereocenters. The molecule has 0 radical (unpaired) electrons. The highest BCUT2D eigenvalue weighted by Gasteiger charge is 2.41. The van der Waals surface area contributed by atoms with Crippen molar-refractivity contribution in [2.45, 2.75) is 52.4 Å². The molecule has 3 heteroatoms. The first kappa shape index (κ1) is 20.7. The van der Waals surface area contributed by atoms with Crippen LogP contribution in [0.15, 0.2) is 60.2 Å². The molecule has 0 saturated carbocycles. The van der Waals surface area contributed by atoms with Crippen LogP contribution in [0.4, 0.5) is 0 Å². The third-order valence-electron chi connectivity index (χ3n) is 5.57. The van der Waals surface area contributed by atoms with E-state index >= 15 is 0 Å². The van der Waals surface area contributed by atoms with E-state index in [1.54, 1.807) is 0 Å². The molecule has 1 N–H and O–H groups in total. The van der Waals surface area contributed by atoms with Crippen LogP contribution in [0.2, 0.25) is 0 Å². The van der Waals surface area contributed by atoms with E-state index in [1.807, 2.05) is 48.6 Å². The molecule has 0 heterocycles. The summed E-state index contributed by atoms with van der Waals surface area (Å²) < 4.78 is 0. The summed E-state index contributed by atoms with van der Waals surface area (Å²) in [6.45, 7) is 4.28. The molecular weight excluding hydrogens is 334 g/mol. The van der Waals surface area contributed by atoms with Crippen molar-refractivity contribution in [2.75, 3.05) is 0 Å². The standard InChI is InChI=1S/C24H29NO2/c1-3-5-6-10-15-20-16-11-12-17-24(20,4-2)22(21(18-25)23(26)27)19-13-8-7-9-14-19/h7-9,11-14,16-17,20H,3-6,10,15H2,1-2H3,(H,26,27). The number of hydrogen-bond donors (Lipinski definition) is 1. The Hall–Kier alpha value is -2.60. The third kappa shape index (κ3) is 4.57. The Bertz CT molecular complexity index is 767. The van der Waals surface area contributed by atoms with Crippen LogP contribution in [0, 0.1) is 22.7 Å². The van der Waals surface area contributed by atoms with Crippen LogP contribution in [0.3, 0.4) is 0 Å². The maximum atomic E-state index is 11.9. The van der Waals surface area contributed by atoms with Gasteiger partial charge >= 0.3 is 5.97 Å². The monoisotopic (exact) mass is 363 g/mol. The molecule has 1 aromatic carbocycles. The van der Waals surface area contributed by atoms with Crippen molar-refractivity contribution in [3.63, 3.8) is 0 Å². The summed E-state index contributed by atoms with van der Waals surface area (Å²) in [7, 11) is 0.